The Morgan fingerprint density at radius 1 is 1.35 bits per heavy atom. The van der Waals surface area contributed by atoms with E-state index in [9.17, 15) is 9.18 Å². The van der Waals surface area contributed by atoms with Crippen LogP contribution in [-0.2, 0) is 16.1 Å². The van der Waals surface area contributed by atoms with Gasteiger partial charge in [0.1, 0.15) is 19.0 Å². The van der Waals surface area contributed by atoms with Crippen LogP contribution in [0, 0.1) is 0 Å². The van der Waals surface area contributed by atoms with Gasteiger partial charge in [-0.25, -0.2) is 4.39 Å². The van der Waals surface area contributed by atoms with Gasteiger partial charge in [-0.3, -0.25) is 4.79 Å². The summed E-state index contributed by atoms with van der Waals surface area (Å²) in [6, 6.07) is 7.10. The molecule has 0 aromatic heterocycles. The first kappa shape index (κ1) is 13.4. The number of carboxylic acid groups (broad SMARTS) is 1. The molecule has 0 radical (unpaired) electrons. The molecule has 1 rings (SSSR count). The summed E-state index contributed by atoms with van der Waals surface area (Å²) in [6.07, 6.45) is -0.0158. The minimum atomic E-state index is -0.884. The van der Waals surface area contributed by atoms with E-state index < -0.39 is 12.6 Å². The lowest BCUT2D eigenvalue weighted by Gasteiger charge is -2.06. The van der Waals surface area contributed by atoms with Crippen LogP contribution in [-0.4, -0.2) is 31.0 Å². The number of rotatable bonds is 8. The van der Waals surface area contributed by atoms with E-state index >= 15 is 0 Å². The van der Waals surface area contributed by atoms with Gasteiger partial charge >= 0.3 is 5.97 Å². The Hall–Kier alpha value is -1.62. The van der Waals surface area contributed by atoms with Gasteiger partial charge in [0.05, 0.1) is 19.6 Å². The number of hydrogen-bond donors (Lipinski definition) is 1. The molecule has 0 unspecified atom stereocenters. The number of aliphatic carboxylic acids is 1. The summed E-state index contributed by atoms with van der Waals surface area (Å²) in [4.78, 5) is 10.2. The van der Waals surface area contributed by atoms with Gasteiger partial charge in [-0.15, -0.1) is 0 Å². The number of hydrogen-bond acceptors (Lipinski definition) is 3. The van der Waals surface area contributed by atoms with Crippen LogP contribution in [0.3, 0.4) is 0 Å². The molecular formula is C12H15FO4. The summed E-state index contributed by atoms with van der Waals surface area (Å²) in [5.74, 6) is -0.299. The first-order chi connectivity index (χ1) is 8.22. The van der Waals surface area contributed by atoms with E-state index in [1.807, 2.05) is 6.07 Å². The Balaban J connectivity index is 2.34. The second kappa shape index (κ2) is 7.62. The van der Waals surface area contributed by atoms with E-state index in [-0.39, 0.29) is 19.6 Å². The van der Waals surface area contributed by atoms with Crippen LogP contribution in [0.4, 0.5) is 4.39 Å². The molecule has 1 N–H and O–H groups in total. The lowest BCUT2D eigenvalue weighted by atomic mass is 10.2. The number of alkyl halides is 1. The van der Waals surface area contributed by atoms with Crippen molar-refractivity contribution >= 4 is 5.97 Å². The fraction of sp³-hybridized carbons (Fsp3) is 0.417. The van der Waals surface area contributed by atoms with E-state index in [1.165, 1.54) is 0 Å². The second-order valence-electron chi connectivity index (χ2n) is 3.38. The zero-order valence-corrected chi connectivity index (χ0v) is 9.39. The number of halogens is 1. The van der Waals surface area contributed by atoms with Crippen molar-refractivity contribution in [3.63, 3.8) is 0 Å². The lowest BCUT2D eigenvalue weighted by Crippen LogP contribution is -2.03. The molecule has 94 valence electrons. The summed E-state index contributed by atoms with van der Waals surface area (Å²) >= 11 is 0. The fourth-order valence-corrected chi connectivity index (χ4v) is 1.23. The van der Waals surface area contributed by atoms with Crippen molar-refractivity contribution in [1.82, 2.24) is 0 Å². The highest BCUT2D eigenvalue weighted by Crippen LogP contribution is 2.14. The topological polar surface area (TPSA) is 55.8 Å². The van der Waals surface area contributed by atoms with Crippen LogP contribution in [0.2, 0.25) is 0 Å². The lowest BCUT2D eigenvalue weighted by molar-refractivity contribution is -0.138. The van der Waals surface area contributed by atoms with Crippen LogP contribution in [0.1, 0.15) is 12.0 Å². The summed E-state index contributed by atoms with van der Waals surface area (Å²) in [7, 11) is 0. The Labute approximate surface area is 99.0 Å². The Morgan fingerprint density at radius 3 is 2.88 bits per heavy atom. The van der Waals surface area contributed by atoms with Crippen molar-refractivity contribution in [2.75, 3.05) is 19.9 Å². The van der Waals surface area contributed by atoms with E-state index in [1.54, 1.807) is 18.2 Å². The van der Waals surface area contributed by atoms with Crippen molar-refractivity contribution in [2.24, 2.45) is 0 Å². The quantitative estimate of drug-likeness (QED) is 0.709. The summed E-state index contributed by atoms with van der Waals surface area (Å²) in [5, 5.41) is 8.42. The first-order valence-corrected chi connectivity index (χ1v) is 5.29. The van der Waals surface area contributed by atoms with Crippen LogP contribution < -0.4 is 4.74 Å². The number of carbonyl (C=O) groups is 1. The van der Waals surface area contributed by atoms with Gasteiger partial charge < -0.3 is 14.6 Å². The van der Waals surface area contributed by atoms with Gasteiger partial charge in [0.25, 0.3) is 0 Å². The SMILES string of the molecule is O=C(O)CCOCc1cccc(OCCF)c1. The minimum Gasteiger partial charge on any atom is -0.491 e. The van der Waals surface area contributed by atoms with Crippen LogP contribution in [0.25, 0.3) is 0 Å². The standard InChI is InChI=1S/C12H15FO4/c13-5-7-17-11-3-1-2-10(8-11)9-16-6-4-12(14)15/h1-3,8H,4-7,9H2,(H,14,15). The molecule has 0 heterocycles. The van der Waals surface area contributed by atoms with Crippen molar-refractivity contribution in [1.29, 1.82) is 0 Å². The average molecular weight is 242 g/mol. The third kappa shape index (κ3) is 5.87. The molecule has 0 aliphatic heterocycles. The van der Waals surface area contributed by atoms with E-state index in [4.69, 9.17) is 14.6 Å². The monoisotopic (exact) mass is 242 g/mol. The van der Waals surface area contributed by atoms with Gasteiger partial charge in [0.15, 0.2) is 0 Å². The molecule has 0 atom stereocenters. The number of carboxylic acids is 1. The van der Waals surface area contributed by atoms with E-state index in [0.29, 0.717) is 12.4 Å². The summed E-state index contributed by atoms with van der Waals surface area (Å²) < 4.78 is 22.2. The maximum Gasteiger partial charge on any atom is 0.305 e. The zero-order valence-electron chi connectivity index (χ0n) is 9.39. The normalized spacial score (nSPS) is 10.2. The Morgan fingerprint density at radius 2 is 2.18 bits per heavy atom. The van der Waals surface area contributed by atoms with Crippen LogP contribution in [0.15, 0.2) is 24.3 Å². The molecule has 4 nitrogen and oxygen atoms in total. The maximum absolute atomic E-state index is 11.9. The molecule has 0 saturated carbocycles. The summed E-state index contributed by atoms with van der Waals surface area (Å²) in [6.45, 7) is -0.00628. The molecular weight excluding hydrogens is 227 g/mol. The van der Waals surface area contributed by atoms with Crippen molar-refractivity contribution < 1.29 is 23.8 Å². The van der Waals surface area contributed by atoms with Gasteiger partial charge in [-0.1, -0.05) is 12.1 Å². The third-order valence-electron chi connectivity index (χ3n) is 1.97. The summed E-state index contributed by atoms with van der Waals surface area (Å²) in [5.41, 5.74) is 0.867. The number of benzene rings is 1. The van der Waals surface area contributed by atoms with E-state index in [0.717, 1.165) is 5.56 Å². The molecule has 0 amide bonds. The van der Waals surface area contributed by atoms with E-state index in [2.05, 4.69) is 0 Å². The molecule has 0 aliphatic rings. The Bertz CT molecular complexity index is 354. The molecule has 0 bridgehead atoms. The highest BCUT2D eigenvalue weighted by atomic mass is 19.1. The van der Waals surface area contributed by atoms with Gasteiger partial charge in [-0.05, 0) is 17.7 Å². The third-order valence-corrected chi connectivity index (χ3v) is 1.97. The van der Waals surface area contributed by atoms with Gasteiger partial charge in [0, 0.05) is 0 Å². The van der Waals surface area contributed by atoms with Crippen molar-refractivity contribution in [3.05, 3.63) is 29.8 Å². The van der Waals surface area contributed by atoms with Crippen LogP contribution in [0.5, 0.6) is 5.75 Å². The zero-order chi connectivity index (χ0) is 12.5. The molecule has 0 saturated heterocycles. The van der Waals surface area contributed by atoms with Gasteiger partial charge in [-0.2, -0.15) is 0 Å². The Kier molecular flexibility index (Phi) is 6.03. The van der Waals surface area contributed by atoms with Crippen LogP contribution >= 0.6 is 0 Å². The highest BCUT2D eigenvalue weighted by Gasteiger charge is 1.99. The van der Waals surface area contributed by atoms with Crippen molar-refractivity contribution in [2.45, 2.75) is 13.0 Å². The maximum atomic E-state index is 11.9. The second-order valence-corrected chi connectivity index (χ2v) is 3.38. The predicted molar refractivity (Wildman–Crippen MR) is 59.8 cm³/mol. The fourth-order valence-electron chi connectivity index (χ4n) is 1.23. The average Bonchev–Trinajstić information content (AvgIpc) is 2.32. The minimum absolute atomic E-state index is 0.0158. The van der Waals surface area contributed by atoms with Crippen molar-refractivity contribution in [3.8, 4) is 5.75 Å². The molecule has 0 aliphatic carbocycles. The molecule has 1 aromatic carbocycles. The molecule has 0 fully saturated rings. The van der Waals surface area contributed by atoms with Gasteiger partial charge in [0.2, 0.25) is 0 Å². The number of ether oxygens (including phenoxy) is 2. The molecule has 17 heavy (non-hydrogen) atoms. The molecule has 1 aromatic rings. The highest BCUT2D eigenvalue weighted by molar-refractivity contribution is 5.66. The first-order valence-electron chi connectivity index (χ1n) is 5.29. The molecule has 5 heteroatoms. The smallest absolute Gasteiger partial charge is 0.305 e. The predicted octanol–water partition coefficient (Wildman–Crippen LogP) is 2.03. The molecule has 0 spiro atoms. The largest absolute Gasteiger partial charge is 0.491 e.